The van der Waals surface area contributed by atoms with Crippen LogP contribution < -0.4 is 5.73 Å². The van der Waals surface area contributed by atoms with E-state index < -0.39 is 0 Å². The molecule has 0 spiro atoms. The Morgan fingerprint density at radius 1 is 1.43 bits per heavy atom. The van der Waals surface area contributed by atoms with E-state index in [0.717, 1.165) is 42.9 Å². The van der Waals surface area contributed by atoms with Crippen LogP contribution in [-0.4, -0.2) is 34.9 Å². The standard InChI is InChI=1S/C18H25N3OS/c1-18(2)12-21(11-10-15(18)19)17(22)9-5-8-16-20-13-6-3-4-7-14(13)23-16/h3-4,6-7,15H,5,8-12,19H2,1-2H3. The van der Waals surface area contributed by atoms with Crippen LogP contribution in [0.3, 0.4) is 0 Å². The van der Waals surface area contributed by atoms with E-state index in [1.54, 1.807) is 11.3 Å². The second-order valence-corrected chi connectivity index (χ2v) is 8.24. The first kappa shape index (κ1) is 16.4. The van der Waals surface area contributed by atoms with E-state index in [2.05, 4.69) is 24.9 Å². The summed E-state index contributed by atoms with van der Waals surface area (Å²) in [6.45, 7) is 5.87. The van der Waals surface area contributed by atoms with E-state index in [4.69, 9.17) is 5.73 Å². The summed E-state index contributed by atoms with van der Waals surface area (Å²) >= 11 is 1.73. The molecule has 0 saturated carbocycles. The molecule has 124 valence electrons. The molecular formula is C18H25N3OS. The summed E-state index contributed by atoms with van der Waals surface area (Å²) < 4.78 is 1.22. The number of hydrogen-bond donors (Lipinski definition) is 1. The molecule has 0 aliphatic carbocycles. The Morgan fingerprint density at radius 2 is 2.22 bits per heavy atom. The van der Waals surface area contributed by atoms with E-state index in [0.29, 0.717) is 6.42 Å². The minimum Gasteiger partial charge on any atom is -0.342 e. The zero-order valence-electron chi connectivity index (χ0n) is 13.9. The number of piperidine rings is 1. The van der Waals surface area contributed by atoms with Crippen molar-refractivity contribution >= 4 is 27.5 Å². The minimum atomic E-state index is 0.0148. The molecule has 1 saturated heterocycles. The summed E-state index contributed by atoms with van der Waals surface area (Å²) in [5.74, 6) is 0.256. The maximum atomic E-state index is 12.4. The second kappa shape index (κ2) is 6.57. The number of nitrogens with zero attached hydrogens (tertiary/aromatic N) is 2. The fourth-order valence-electron chi connectivity index (χ4n) is 3.16. The van der Waals surface area contributed by atoms with Crippen LogP contribution in [0.15, 0.2) is 24.3 Å². The summed E-state index contributed by atoms with van der Waals surface area (Å²) in [4.78, 5) is 19.0. The molecule has 4 nitrogen and oxygen atoms in total. The van der Waals surface area contributed by atoms with Gasteiger partial charge in [0.2, 0.25) is 5.91 Å². The van der Waals surface area contributed by atoms with Gasteiger partial charge in [-0.05, 0) is 36.8 Å². The number of carbonyl (C=O) groups excluding carboxylic acids is 1. The Kier molecular flexibility index (Phi) is 4.69. The Labute approximate surface area is 141 Å². The molecule has 1 aliphatic rings. The third-order valence-corrected chi connectivity index (χ3v) is 5.88. The zero-order chi connectivity index (χ0) is 16.4. The molecule has 5 heteroatoms. The number of carbonyl (C=O) groups is 1. The predicted octanol–water partition coefficient (Wildman–Crippen LogP) is 3.20. The van der Waals surface area contributed by atoms with Gasteiger partial charge in [0.15, 0.2) is 0 Å². The van der Waals surface area contributed by atoms with Gasteiger partial charge in [-0.15, -0.1) is 11.3 Å². The van der Waals surface area contributed by atoms with Crippen molar-refractivity contribution in [2.24, 2.45) is 11.1 Å². The number of amides is 1. The summed E-state index contributed by atoms with van der Waals surface area (Å²) in [6, 6.07) is 8.38. The van der Waals surface area contributed by atoms with Crippen LogP contribution in [0.2, 0.25) is 0 Å². The van der Waals surface area contributed by atoms with Crippen molar-refractivity contribution in [2.45, 2.75) is 45.6 Å². The molecule has 1 atom stereocenters. The van der Waals surface area contributed by atoms with Crippen molar-refractivity contribution in [1.29, 1.82) is 0 Å². The quantitative estimate of drug-likeness (QED) is 0.936. The third-order valence-electron chi connectivity index (χ3n) is 4.78. The maximum Gasteiger partial charge on any atom is 0.222 e. The number of thiazole rings is 1. The predicted molar refractivity (Wildman–Crippen MR) is 95.5 cm³/mol. The SMILES string of the molecule is CC1(C)CN(C(=O)CCCc2nc3ccccc3s2)CCC1N. The third kappa shape index (κ3) is 3.72. The number of aromatic nitrogens is 1. The van der Waals surface area contributed by atoms with Gasteiger partial charge in [0.05, 0.1) is 15.2 Å². The van der Waals surface area contributed by atoms with E-state index in [1.165, 1.54) is 4.70 Å². The van der Waals surface area contributed by atoms with Crippen molar-refractivity contribution < 1.29 is 4.79 Å². The molecule has 3 rings (SSSR count). The van der Waals surface area contributed by atoms with Gasteiger partial charge in [0.1, 0.15) is 0 Å². The topological polar surface area (TPSA) is 59.2 Å². The lowest BCUT2D eigenvalue weighted by molar-refractivity contribution is -0.134. The van der Waals surface area contributed by atoms with Crippen LogP contribution in [0.5, 0.6) is 0 Å². The Hall–Kier alpha value is -1.46. The van der Waals surface area contributed by atoms with Gasteiger partial charge in [-0.1, -0.05) is 26.0 Å². The Bertz CT molecular complexity index is 661. The average Bonchev–Trinajstić information content (AvgIpc) is 2.92. The molecule has 1 unspecified atom stereocenters. The van der Waals surface area contributed by atoms with Gasteiger partial charge >= 0.3 is 0 Å². The lowest BCUT2D eigenvalue weighted by Crippen LogP contribution is -2.53. The van der Waals surface area contributed by atoms with Crippen LogP contribution in [0.25, 0.3) is 10.2 Å². The van der Waals surface area contributed by atoms with E-state index in [9.17, 15) is 4.79 Å². The lowest BCUT2D eigenvalue weighted by atomic mass is 9.79. The van der Waals surface area contributed by atoms with Gasteiger partial charge in [-0.2, -0.15) is 0 Å². The number of para-hydroxylation sites is 1. The molecule has 1 fully saturated rings. The first-order valence-electron chi connectivity index (χ1n) is 8.33. The van der Waals surface area contributed by atoms with Crippen LogP contribution >= 0.6 is 11.3 Å². The summed E-state index contributed by atoms with van der Waals surface area (Å²) in [5.41, 5.74) is 7.22. The number of hydrogen-bond acceptors (Lipinski definition) is 4. The van der Waals surface area contributed by atoms with Gasteiger partial charge in [0.25, 0.3) is 0 Å². The molecule has 1 aromatic heterocycles. The highest BCUT2D eigenvalue weighted by Crippen LogP contribution is 2.28. The highest BCUT2D eigenvalue weighted by Gasteiger charge is 2.34. The van der Waals surface area contributed by atoms with Gasteiger partial charge in [-0.3, -0.25) is 4.79 Å². The van der Waals surface area contributed by atoms with Crippen molar-refractivity contribution in [3.05, 3.63) is 29.3 Å². The van der Waals surface area contributed by atoms with E-state index >= 15 is 0 Å². The largest absolute Gasteiger partial charge is 0.342 e. The monoisotopic (exact) mass is 331 g/mol. The molecule has 23 heavy (non-hydrogen) atoms. The number of aryl methyl sites for hydroxylation is 1. The molecule has 2 heterocycles. The van der Waals surface area contributed by atoms with E-state index in [-0.39, 0.29) is 17.4 Å². The number of fused-ring (bicyclic) bond motifs is 1. The second-order valence-electron chi connectivity index (χ2n) is 7.13. The molecule has 2 aromatic rings. The van der Waals surface area contributed by atoms with Crippen LogP contribution in [0.4, 0.5) is 0 Å². The highest BCUT2D eigenvalue weighted by molar-refractivity contribution is 7.18. The molecule has 0 radical (unpaired) electrons. The zero-order valence-corrected chi connectivity index (χ0v) is 14.7. The van der Waals surface area contributed by atoms with Crippen LogP contribution in [-0.2, 0) is 11.2 Å². The molecule has 2 N–H and O–H groups in total. The van der Waals surface area contributed by atoms with Crippen molar-refractivity contribution in [3.63, 3.8) is 0 Å². The fourth-order valence-corrected chi connectivity index (χ4v) is 4.17. The first-order chi connectivity index (χ1) is 11.0. The number of nitrogens with two attached hydrogens (primary N) is 1. The van der Waals surface area contributed by atoms with Crippen LogP contribution in [0, 0.1) is 5.41 Å². The fraction of sp³-hybridized carbons (Fsp3) is 0.556. The van der Waals surface area contributed by atoms with Gasteiger partial charge < -0.3 is 10.6 Å². The van der Waals surface area contributed by atoms with Crippen molar-refractivity contribution in [3.8, 4) is 0 Å². The number of benzene rings is 1. The summed E-state index contributed by atoms with van der Waals surface area (Å²) in [7, 11) is 0. The molecule has 1 amide bonds. The number of rotatable bonds is 4. The normalized spacial score (nSPS) is 20.8. The van der Waals surface area contributed by atoms with E-state index in [1.807, 2.05) is 23.1 Å². The summed E-state index contributed by atoms with van der Waals surface area (Å²) in [6.07, 6.45) is 3.24. The molecule has 1 aliphatic heterocycles. The van der Waals surface area contributed by atoms with Crippen LogP contribution in [0.1, 0.15) is 38.1 Å². The minimum absolute atomic E-state index is 0.0148. The number of likely N-dealkylation sites (tertiary alicyclic amines) is 1. The van der Waals surface area contributed by atoms with Gasteiger partial charge in [-0.25, -0.2) is 4.98 Å². The molecule has 0 bridgehead atoms. The Balaban J connectivity index is 1.51. The first-order valence-corrected chi connectivity index (χ1v) is 9.15. The summed E-state index contributed by atoms with van der Waals surface area (Å²) in [5, 5.41) is 1.12. The Morgan fingerprint density at radius 3 is 2.96 bits per heavy atom. The molecular weight excluding hydrogens is 306 g/mol. The highest BCUT2D eigenvalue weighted by atomic mass is 32.1. The van der Waals surface area contributed by atoms with Crippen molar-refractivity contribution in [2.75, 3.05) is 13.1 Å². The van der Waals surface area contributed by atoms with Crippen molar-refractivity contribution in [1.82, 2.24) is 9.88 Å². The maximum absolute atomic E-state index is 12.4. The smallest absolute Gasteiger partial charge is 0.222 e. The molecule has 1 aromatic carbocycles. The lowest BCUT2D eigenvalue weighted by Gasteiger charge is -2.42. The average molecular weight is 331 g/mol. The van der Waals surface area contributed by atoms with Gasteiger partial charge in [0, 0.05) is 25.6 Å².